The van der Waals surface area contributed by atoms with Crippen molar-refractivity contribution in [2.24, 2.45) is 0 Å². The molecule has 3 heteroatoms. The van der Waals surface area contributed by atoms with Gasteiger partial charge in [0.05, 0.1) is 4.90 Å². The molecular formula is C6H5NOS. The molecule has 0 N–H and O–H groups in total. The smallest absolute Gasteiger partial charge is 0.190 e. The van der Waals surface area contributed by atoms with Crippen LogP contribution >= 0.6 is 0 Å². The van der Waals surface area contributed by atoms with Gasteiger partial charge in [0.2, 0.25) is 0 Å². The zero-order valence-electron chi connectivity index (χ0n) is 4.65. The summed E-state index contributed by atoms with van der Waals surface area (Å²) in [5.74, 6) is 0. The number of nitrogens with zero attached hydrogens (tertiary/aromatic N) is 1. The van der Waals surface area contributed by atoms with Crippen LogP contribution in [0, 0.1) is 4.61 Å². The molecule has 0 aliphatic carbocycles. The third-order valence-electron chi connectivity index (χ3n) is 0.945. The van der Waals surface area contributed by atoms with Gasteiger partial charge in [-0.2, -0.15) is 4.21 Å². The van der Waals surface area contributed by atoms with E-state index in [1.54, 1.807) is 30.3 Å². The fourth-order valence-electron chi connectivity index (χ4n) is 0.537. The first-order valence-corrected chi connectivity index (χ1v) is 3.57. The minimum Gasteiger partial charge on any atom is -0.190 e. The van der Waals surface area contributed by atoms with E-state index in [2.05, 4.69) is 0 Å². The lowest BCUT2D eigenvalue weighted by molar-refractivity contribution is 0.689. The van der Waals surface area contributed by atoms with Gasteiger partial charge in [0.1, 0.15) is 0 Å². The zero-order valence-corrected chi connectivity index (χ0v) is 5.47. The monoisotopic (exact) mass is 139 g/mol. The molecule has 0 radical (unpaired) electrons. The Morgan fingerprint density at radius 2 is 1.78 bits per heavy atom. The molecule has 0 atom stereocenters. The van der Waals surface area contributed by atoms with Gasteiger partial charge in [-0.1, -0.05) is 18.2 Å². The molecule has 0 saturated carbocycles. The normalized spacial score (nSPS) is 8.78. The standard InChI is InChI=1S/C6H5NOS/c7-9(8)6-4-2-1-3-5-6/h1-5H. The second-order valence-electron chi connectivity index (χ2n) is 1.56. The highest BCUT2D eigenvalue weighted by Gasteiger charge is 1.87. The number of hydrogen-bond donors (Lipinski definition) is 0. The molecule has 0 aliphatic heterocycles. The third-order valence-corrected chi connectivity index (χ3v) is 1.62. The highest BCUT2D eigenvalue weighted by Crippen LogP contribution is 1.96. The van der Waals surface area contributed by atoms with Gasteiger partial charge in [-0.05, 0) is 12.1 Å². The predicted molar refractivity (Wildman–Crippen MR) is 34.6 cm³/mol. The quantitative estimate of drug-likeness (QED) is 0.543. The van der Waals surface area contributed by atoms with Crippen LogP contribution in [0.1, 0.15) is 0 Å². The molecule has 9 heavy (non-hydrogen) atoms. The van der Waals surface area contributed by atoms with Crippen LogP contribution in [0.4, 0.5) is 0 Å². The molecule has 0 bridgehead atoms. The van der Waals surface area contributed by atoms with Gasteiger partial charge in [-0.15, -0.1) is 4.61 Å². The molecule has 0 amide bonds. The van der Waals surface area contributed by atoms with Crippen molar-refractivity contribution in [1.29, 1.82) is 4.61 Å². The first-order chi connectivity index (χ1) is 4.30. The fourth-order valence-corrected chi connectivity index (χ4v) is 0.927. The molecule has 1 rings (SSSR count). The maximum Gasteiger partial charge on any atom is 0.194 e. The molecule has 0 aliphatic rings. The van der Waals surface area contributed by atoms with Crippen LogP contribution in [0.25, 0.3) is 0 Å². The molecule has 1 aromatic rings. The molecule has 0 aromatic heterocycles. The Bertz CT molecular complexity index is 300. The van der Waals surface area contributed by atoms with Crippen molar-refractivity contribution in [2.45, 2.75) is 4.90 Å². The highest BCUT2D eigenvalue weighted by atomic mass is 32.2. The Hall–Kier alpha value is -1.05. The molecule has 0 unspecified atom stereocenters. The summed E-state index contributed by atoms with van der Waals surface area (Å²) in [6.07, 6.45) is 0. The highest BCUT2D eigenvalue weighted by molar-refractivity contribution is 7.71. The summed E-state index contributed by atoms with van der Waals surface area (Å²) in [6, 6.07) is 8.47. The van der Waals surface area contributed by atoms with Crippen LogP contribution in [0.2, 0.25) is 0 Å². The van der Waals surface area contributed by atoms with E-state index in [1.807, 2.05) is 0 Å². The predicted octanol–water partition coefficient (Wildman–Crippen LogP) is 1.27. The van der Waals surface area contributed by atoms with Crippen molar-refractivity contribution in [3.8, 4) is 0 Å². The van der Waals surface area contributed by atoms with E-state index < -0.39 is 10.4 Å². The first-order valence-electron chi connectivity index (χ1n) is 2.46. The van der Waals surface area contributed by atoms with Crippen molar-refractivity contribution in [2.75, 3.05) is 0 Å². The van der Waals surface area contributed by atoms with Gasteiger partial charge in [0.15, 0.2) is 10.4 Å². The van der Waals surface area contributed by atoms with Crippen LogP contribution in [0.3, 0.4) is 0 Å². The SMILES string of the molecule is N#S(=O)c1ccccc1. The maximum absolute atomic E-state index is 10.3. The molecule has 0 spiro atoms. The third kappa shape index (κ3) is 1.42. The Kier molecular flexibility index (Phi) is 1.68. The Morgan fingerprint density at radius 1 is 1.22 bits per heavy atom. The van der Waals surface area contributed by atoms with Crippen LogP contribution in [-0.4, -0.2) is 4.21 Å². The van der Waals surface area contributed by atoms with Gasteiger partial charge < -0.3 is 0 Å². The second-order valence-corrected chi connectivity index (χ2v) is 2.53. The Labute approximate surface area is 55.2 Å². The lowest BCUT2D eigenvalue weighted by Gasteiger charge is -1.81. The fraction of sp³-hybridized carbons (Fsp3) is 0. The van der Waals surface area contributed by atoms with Crippen molar-refractivity contribution in [3.05, 3.63) is 30.3 Å². The van der Waals surface area contributed by atoms with E-state index in [0.717, 1.165) is 0 Å². The maximum atomic E-state index is 10.3. The molecular weight excluding hydrogens is 134 g/mol. The minimum absolute atomic E-state index is 0.442. The summed E-state index contributed by atoms with van der Waals surface area (Å²) >= 11 is 0. The van der Waals surface area contributed by atoms with Crippen molar-refractivity contribution >= 4 is 10.4 Å². The molecule has 1 aromatic carbocycles. The summed E-state index contributed by atoms with van der Waals surface area (Å²) in [5, 5.41) is 0. The summed E-state index contributed by atoms with van der Waals surface area (Å²) in [4.78, 5) is 0.442. The van der Waals surface area contributed by atoms with Gasteiger partial charge in [0.25, 0.3) is 0 Å². The summed E-state index contributed by atoms with van der Waals surface area (Å²) in [7, 11) is -1.83. The van der Waals surface area contributed by atoms with E-state index in [4.69, 9.17) is 4.61 Å². The van der Waals surface area contributed by atoms with Crippen LogP contribution in [0.5, 0.6) is 0 Å². The van der Waals surface area contributed by atoms with E-state index in [9.17, 15) is 4.21 Å². The molecule has 46 valence electrons. The van der Waals surface area contributed by atoms with Gasteiger partial charge >= 0.3 is 0 Å². The zero-order chi connectivity index (χ0) is 6.69. The largest absolute Gasteiger partial charge is 0.194 e. The van der Waals surface area contributed by atoms with Gasteiger partial charge in [-0.3, -0.25) is 0 Å². The Balaban J connectivity index is 3.18. The van der Waals surface area contributed by atoms with Crippen molar-refractivity contribution in [1.82, 2.24) is 0 Å². The van der Waals surface area contributed by atoms with Crippen molar-refractivity contribution < 1.29 is 4.21 Å². The van der Waals surface area contributed by atoms with Gasteiger partial charge in [-0.25, -0.2) is 0 Å². The summed E-state index contributed by atoms with van der Waals surface area (Å²) in [6.45, 7) is 0. The average Bonchev–Trinajstić information content (AvgIpc) is 1.90. The van der Waals surface area contributed by atoms with Crippen LogP contribution in [-0.2, 0) is 10.4 Å². The Morgan fingerprint density at radius 3 is 2.11 bits per heavy atom. The van der Waals surface area contributed by atoms with E-state index in [-0.39, 0.29) is 0 Å². The van der Waals surface area contributed by atoms with Gasteiger partial charge in [0, 0.05) is 0 Å². The lowest BCUT2D eigenvalue weighted by Crippen LogP contribution is -1.71. The van der Waals surface area contributed by atoms with Crippen LogP contribution in [0.15, 0.2) is 35.2 Å². The summed E-state index contributed by atoms with van der Waals surface area (Å²) < 4.78 is 18.8. The van der Waals surface area contributed by atoms with E-state index in [1.165, 1.54) is 0 Å². The lowest BCUT2D eigenvalue weighted by atomic mass is 10.4. The molecule has 0 saturated heterocycles. The topological polar surface area (TPSA) is 40.9 Å². The second kappa shape index (κ2) is 2.49. The molecule has 2 nitrogen and oxygen atoms in total. The average molecular weight is 139 g/mol. The van der Waals surface area contributed by atoms with Crippen LogP contribution < -0.4 is 0 Å². The molecule has 0 fully saturated rings. The molecule has 0 heterocycles. The minimum atomic E-state index is -1.83. The number of rotatable bonds is 0. The number of benzene rings is 1. The van der Waals surface area contributed by atoms with Crippen molar-refractivity contribution in [3.63, 3.8) is 0 Å². The van der Waals surface area contributed by atoms with E-state index >= 15 is 0 Å². The summed E-state index contributed by atoms with van der Waals surface area (Å²) in [5.41, 5.74) is 0. The number of hydrogen-bond acceptors (Lipinski definition) is 2. The van der Waals surface area contributed by atoms with E-state index in [0.29, 0.717) is 4.90 Å². The first kappa shape index (κ1) is 6.08.